The van der Waals surface area contributed by atoms with Gasteiger partial charge in [0.15, 0.2) is 11.5 Å². The second-order valence-corrected chi connectivity index (χ2v) is 8.41. The largest absolute Gasteiger partial charge is 0.493 e. The zero-order chi connectivity index (χ0) is 24.9. The highest BCUT2D eigenvalue weighted by molar-refractivity contribution is 9.10. The molecule has 9 heteroatoms. The Morgan fingerprint density at radius 3 is 2.51 bits per heavy atom. The molecule has 0 radical (unpaired) electrons. The molecule has 0 aliphatic carbocycles. The molecule has 0 aliphatic rings. The fourth-order valence-electron chi connectivity index (χ4n) is 3.54. The first-order valence-electron chi connectivity index (χ1n) is 10.5. The molecule has 176 valence electrons. The van der Waals surface area contributed by atoms with Gasteiger partial charge in [-0.25, -0.2) is 4.98 Å². The van der Waals surface area contributed by atoms with Crippen LogP contribution in [0.3, 0.4) is 0 Å². The van der Waals surface area contributed by atoms with E-state index in [4.69, 9.17) is 14.2 Å². The third-order valence-corrected chi connectivity index (χ3v) is 5.78. The number of fused-ring (bicyclic) bond motifs is 1. The number of rotatable bonds is 7. The minimum absolute atomic E-state index is 0.163. The standard InChI is InChI=1S/C26H21BrN4O4/c1-16-30-22-9-8-20(27)12-21(22)26(32)31(16)29-14-17-10-23(33-2)25(24(11-17)34-3)35-15-19-7-5-4-6-18(19)13-28/h4-12,14H,15H2,1-3H3. The minimum Gasteiger partial charge on any atom is -0.493 e. The summed E-state index contributed by atoms with van der Waals surface area (Å²) in [4.78, 5) is 17.5. The van der Waals surface area contributed by atoms with E-state index in [1.807, 2.05) is 18.2 Å². The van der Waals surface area contributed by atoms with Crippen molar-refractivity contribution in [3.8, 4) is 23.3 Å². The summed E-state index contributed by atoms with van der Waals surface area (Å²) in [6.07, 6.45) is 1.53. The van der Waals surface area contributed by atoms with Crippen LogP contribution < -0.4 is 19.8 Å². The van der Waals surface area contributed by atoms with Crippen molar-refractivity contribution in [2.24, 2.45) is 5.10 Å². The molecule has 0 N–H and O–H groups in total. The molecule has 0 aliphatic heterocycles. The number of nitriles is 1. The Morgan fingerprint density at radius 1 is 1.11 bits per heavy atom. The van der Waals surface area contributed by atoms with Gasteiger partial charge in [0.2, 0.25) is 5.75 Å². The van der Waals surface area contributed by atoms with E-state index >= 15 is 0 Å². The van der Waals surface area contributed by atoms with Crippen LogP contribution in [0.15, 0.2) is 69.0 Å². The fourth-order valence-corrected chi connectivity index (χ4v) is 3.90. The topological polar surface area (TPSA) is 98.7 Å². The quantitative estimate of drug-likeness (QED) is 0.316. The SMILES string of the molecule is COc1cc(C=Nn2c(C)nc3ccc(Br)cc3c2=O)cc(OC)c1OCc1ccccc1C#N. The normalized spacial score (nSPS) is 10.9. The van der Waals surface area contributed by atoms with Crippen molar-refractivity contribution in [2.75, 3.05) is 14.2 Å². The number of hydrogen-bond donors (Lipinski definition) is 0. The van der Waals surface area contributed by atoms with E-state index in [0.717, 1.165) is 10.0 Å². The third-order valence-electron chi connectivity index (χ3n) is 5.29. The van der Waals surface area contributed by atoms with Gasteiger partial charge in [-0.15, -0.1) is 0 Å². The highest BCUT2D eigenvalue weighted by Crippen LogP contribution is 2.39. The molecule has 4 aromatic rings. The van der Waals surface area contributed by atoms with Crippen LogP contribution in [0.5, 0.6) is 17.2 Å². The highest BCUT2D eigenvalue weighted by Gasteiger charge is 2.15. The fraction of sp³-hybridized carbons (Fsp3) is 0.154. The van der Waals surface area contributed by atoms with Crippen LogP contribution in [0.1, 0.15) is 22.5 Å². The van der Waals surface area contributed by atoms with Crippen LogP contribution in [0.25, 0.3) is 10.9 Å². The molecule has 0 saturated carbocycles. The molecule has 0 saturated heterocycles. The number of aromatic nitrogens is 2. The van der Waals surface area contributed by atoms with Gasteiger partial charge in [0.1, 0.15) is 12.4 Å². The first kappa shape index (κ1) is 24.0. The average Bonchev–Trinajstić information content (AvgIpc) is 2.87. The molecular formula is C26H21BrN4O4. The van der Waals surface area contributed by atoms with Gasteiger partial charge in [0.25, 0.3) is 5.56 Å². The average molecular weight is 533 g/mol. The lowest BCUT2D eigenvalue weighted by Gasteiger charge is -2.15. The first-order chi connectivity index (χ1) is 16.9. The Labute approximate surface area is 210 Å². The maximum absolute atomic E-state index is 13.0. The lowest BCUT2D eigenvalue weighted by atomic mass is 10.1. The Balaban J connectivity index is 1.68. The second kappa shape index (κ2) is 10.4. The summed E-state index contributed by atoms with van der Waals surface area (Å²) >= 11 is 3.39. The van der Waals surface area contributed by atoms with Gasteiger partial charge < -0.3 is 14.2 Å². The third kappa shape index (κ3) is 5.03. The maximum atomic E-state index is 13.0. The van der Waals surface area contributed by atoms with Crippen molar-refractivity contribution in [3.63, 3.8) is 0 Å². The number of methoxy groups -OCH3 is 2. The summed E-state index contributed by atoms with van der Waals surface area (Å²) in [7, 11) is 3.04. The van der Waals surface area contributed by atoms with Gasteiger partial charge in [-0.05, 0) is 43.3 Å². The zero-order valence-corrected chi connectivity index (χ0v) is 20.9. The summed E-state index contributed by atoms with van der Waals surface area (Å²) in [5.41, 5.74) is 2.23. The molecule has 4 rings (SSSR count). The molecule has 1 aromatic heterocycles. The van der Waals surface area contributed by atoms with Crippen molar-refractivity contribution in [2.45, 2.75) is 13.5 Å². The van der Waals surface area contributed by atoms with Crippen LogP contribution in [-0.4, -0.2) is 30.1 Å². The molecule has 0 unspecified atom stereocenters. The number of nitrogens with zero attached hydrogens (tertiary/aromatic N) is 4. The molecular weight excluding hydrogens is 512 g/mol. The molecule has 0 spiro atoms. The zero-order valence-electron chi connectivity index (χ0n) is 19.3. The number of ether oxygens (including phenoxy) is 3. The van der Waals surface area contributed by atoms with Crippen LogP contribution in [0, 0.1) is 18.3 Å². The number of hydrogen-bond acceptors (Lipinski definition) is 7. The summed E-state index contributed by atoms with van der Waals surface area (Å²) in [5.74, 6) is 1.69. The molecule has 0 amide bonds. The number of benzene rings is 3. The van der Waals surface area contributed by atoms with E-state index in [-0.39, 0.29) is 12.2 Å². The van der Waals surface area contributed by atoms with E-state index in [1.54, 1.807) is 43.3 Å². The van der Waals surface area contributed by atoms with Crippen LogP contribution in [0.4, 0.5) is 0 Å². The van der Waals surface area contributed by atoms with Gasteiger partial charge in [0.05, 0.1) is 43.0 Å². The summed E-state index contributed by atoms with van der Waals surface area (Å²) in [6, 6.07) is 18.2. The number of aryl methyl sites for hydroxylation is 1. The lowest BCUT2D eigenvalue weighted by molar-refractivity contribution is 0.265. The molecule has 0 atom stereocenters. The van der Waals surface area contributed by atoms with Gasteiger partial charge in [-0.2, -0.15) is 15.0 Å². The summed E-state index contributed by atoms with van der Waals surface area (Å²) in [5, 5.41) is 14.1. The predicted molar refractivity (Wildman–Crippen MR) is 136 cm³/mol. The molecule has 1 heterocycles. The summed E-state index contributed by atoms with van der Waals surface area (Å²) in [6.45, 7) is 1.88. The minimum atomic E-state index is -0.278. The highest BCUT2D eigenvalue weighted by atomic mass is 79.9. The van der Waals surface area contributed by atoms with E-state index in [1.165, 1.54) is 25.1 Å². The van der Waals surface area contributed by atoms with Crippen LogP contribution in [-0.2, 0) is 6.61 Å². The van der Waals surface area contributed by atoms with Gasteiger partial charge in [0, 0.05) is 15.6 Å². The van der Waals surface area contributed by atoms with Crippen molar-refractivity contribution in [1.82, 2.24) is 9.66 Å². The Morgan fingerprint density at radius 2 is 1.83 bits per heavy atom. The van der Waals surface area contributed by atoms with E-state index in [0.29, 0.717) is 45.1 Å². The van der Waals surface area contributed by atoms with Crippen LogP contribution >= 0.6 is 15.9 Å². The van der Waals surface area contributed by atoms with Gasteiger partial charge in [-0.1, -0.05) is 34.1 Å². The predicted octanol–water partition coefficient (Wildman–Crippen LogP) is 4.82. The summed E-state index contributed by atoms with van der Waals surface area (Å²) < 4.78 is 19.1. The Hall–Kier alpha value is -4.16. The van der Waals surface area contributed by atoms with Crippen molar-refractivity contribution >= 4 is 33.0 Å². The van der Waals surface area contributed by atoms with Gasteiger partial charge >= 0.3 is 0 Å². The molecule has 3 aromatic carbocycles. The van der Waals surface area contributed by atoms with Gasteiger partial charge in [-0.3, -0.25) is 4.79 Å². The molecule has 0 fully saturated rings. The Kier molecular flexibility index (Phi) is 7.13. The first-order valence-corrected chi connectivity index (χ1v) is 11.3. The van der Waals surface area contributed by atoms with Crippen molar-refractivity contribution in [1.29, 1.82) is 5.26 Å². The molecule has 8 nitrogen and oxygen atoms in total. The monoisotopic (exact) mass is 532 g/mol. The lowest BCUT2D eigenvalue weighted by Crippen LogP contribution is -2.20. The molecule has 0 bridgehead atoms. The van der Waals surface area contributed by atoms with E-state index in [2.05, 4.69) is 32.1 Å². The number of halogens is 1. The maximum Gasteiger partial charge on any atom is 0.282 e. The van der Waals surface area contributed by atoms with E-state index in [9.17, 15) is 10.1 Å². The van der Waals surface area contributed by atoms with Crippen LogP contribution in [0.2, 0.25) is 0 Å². The van der Waals surface area contributed by atoms with Crippen molar-refractivity contribution in [3.05, 3.63) is 91.9 Å². The molecule has 35 heavy (non-hydrogen) atoms. The smallest absolute Gasteiger partial charge is 0.282 e. The van der Waals surface area contributed by atoms with Crippen molar-refractivity contribution < 1.29 is 14.2 Å². The van der Waals surface area contributed by atoms with E-state index < -0.39 is 0 Å². The Bertz CT molecular complexity index is 1510. The second-order valence-electron chi connectivity index (χ2n) is 7.49.